The van der Waals surface area contributed by atoms with E-state index in [0.29, 0.717) is 17.5 Å². The number of rotatable bonds is 5. The van der Waals surface area contributed by atoms with Crippen molar-refractivity contribution in [2.45, 2.75) is 12.5 Å². The summed E-state index contributed by atoms with van der Waals surface area (Å²) >= 11 is 0. The van der Waals surface area contributed by atoms with Gasteiger partial charge in [-0.1, -0.05) is 0 Å². The highest BCUT2D eigenvalue weighted by molar-refractivity contribution is 5.56. The van der Waals surface area contributed by atoms with Gasteiger partial charge >= 0.3 is 0 Å². The maximum Gasteiger partial charge on any atom is 0.142 e. The smallest absolute Gasteiger partial charge is 0.142 e. The van der Waals surface area contributed by atoms with Crippen molar-refractivity contribution in [1.29, 1.82) is 0 Å². The third-order valence-electron chi connectivity index (χ3n) is 2.97. The molecule has 1 aliphatic rings. The molecule has 0 aliphatic carbocycles. The van der Waals surface area contributed by atoms with Crippen LogP contribution in [0.2, 0.25) is 0 Å². The molecule has 0 radical (unpaired) electrons. The maximum absolute atomic E-state index is 13.1. The standard InChI is InChI=1S/C13H19FN2O2/c1-17-13-3-2-10(14)8-12(13)16-5-4-11-9-18-7-6-15-11/h2-3,8,11,15-16H,4-7,9H2,1H3. The molecule has 0 spiro atoms. The summed E-state index contributed by atoms with van der Waals surface area (Å²) < 4.78 is 23.7. The van der Waals surface area contributed by atoms with Crippen molar-refractivity contribution in [2.24, 2.45) is 0 Å². The number of halogens is 1. The van der Waals surface area contributed by atoms with Crippen LogP contribution in [0.25, 0.3) is 0 Å². The lowest BCUT2D eigenvalue weighted by Gasteiger charge is -2.24. The molecular formula is C13H19FN2O2. The molecule has 0 aromatic heterocycles. The molecule has 1 atom stereocenters. The lowest BCUT2D eigenvalue weighted by molar-refractivity contribution is 0.0753. The van der Waals surface area contributed by atoms with Crippen LogP contribution in [-0.2, 0) is 4.74 Å². The molecule has 4 nitrogen and oxygen atoms in total. The van der Waals surface area contributed by atoms with Gasteiger partial charge in [0.15, 0.2) is 0 Å². The fourth-order valence-corrected chi connectivity index (χ4v) is 2.00. The second-order valence-electron chi connectivity index (χ2n) is 4.29. The summed E-state index contributed by atoms with van der Waals surface area (Å²) in [6.45, 7) is 3.17. The van der Waals surface area contributed by atoms with Crippen molar-refractivity contribution in [3.63, 3.8) is 0 Å². The van der Waals surface area contributed by atoms with Crippen LogP contribution in [0.3, 0.4) is 0 Å². The van der Waals surface area contributed by atoms with Crippen molar-refractivity contribution in [3.05, 3.63) is 24.0 Å². The van der Waals surface area contributed by atoms with Gasteiger partial charge in [-0.05, 0) is 18.6 Å². The Balaban J connectivity index is 1.83. The summed E-state index contributed by atoms with van der Waals surface area (Å²) in [5.41, 5.74) is 0.689. The van der Waals surface area contributed by atoms with Gasteiger partial charge in [0.1, 0.15) is 11.6 Å². The van der Waals surface area contributed by atoms with Gasteiger partial charge in [0.05, 0.1) is 26.0 Å². The van der Waals surface area contributed by atoms with Gasteiger partial charge in [-0.15, -0.1) is 0 Å². The summed E-state index contributed by atoms with van der Waals surface area (Å²) in [5.74, 6) is 0.390. The molecule has 2 rings (SSSR count). The van der Waals surface area contributed by atoms with Gasteiger partial charge in [0, 0.05) is 25.2 Å². The number of benzene rings is 1. The normalized spacial score (nSPS) is 19.6. The molecule has 0 saturated carbocycles. The fraction of sp³-hybridized carbons (Fsp3) is 0.538. The predicted molar refractivity (Wildman–Crippen MR) is 68.7 cm³/mol. The zero-order valence-corrected chi connectivity index (χ0v) is 10.5. The Kier molecular flexibility index (Phi) is 4.78. The van der Waals surface area contributed by atoms with Crippen molar-refractivity contribution in [3.8, 4) is 5.75 Å². The first kappa shape index (κ1) is 13.1. The molecule has 1 saturated heterocycles. The van der Waals surface area contributed by atoms with Crippen LogP contribution in [0.15, 0.2) is 18.2 Å². The average molecular weight is 254 g/mol. The number of anilines is 1. The van der Waals surface area contributed by atoms with E-state index >= 15 is 0 Å². The molecule has 1 heterocycles. The van der Waals surface area contributed by atoms with E-state index < -0.39 is 0 Å². The number of nitrogens with one attached hydrogen (secondary N) is 2. The molecule has 0 amide bonds. The minimum absolute atomic E-state index is 0.266. The van der Waals surface area contributed by atoms with E-state index in [2.05, 4.69) is 10.6 Å². The topological polar surface area (TPSA) is 42.5 Å². The highest BCUT2D eigenvalue weighted by Gasteiger charge is 2.12. The van der Waals surface area contributed by atoms with Gasteiger partial charge in [-0.25, -0.2) is 4.39 Å². The van der Waals surface area contributed by atoms with E-state index in [1.807, 2.05) is 0 Å². The second kappa shape index (κ2) is 6.56. The molecule has 1 aliphatic heterocycles. The third kappa shape index (κ3) is 3.58. The lowest BCUT2D eigenvalue weighted by atomic mass is 10.2. The van der Waals surface area contributed by atoms with E-state index in [1.54, 1.807) is 13.2 Å². The second-order valence-corrected chi connectivity index (χ2v) is 4.29. The van der Waals surface area contributed by atoms with Crippen LogP contribution >= 0.6 is 0 Å². The van der Waals surface area contributed by atoms with E-state index in [-0.39, 0.29) is 5.82 Å². The SMILES string of the molecule is COc1ccc(F)cc1NCCC1COCCN1. The van der Waals surface area contributed by atoms with E-state index in [1.165, 1.54) is 12.1 Å². The minimum Gasteiger partial charge on any atom is -0.495 e. The zero-order valence-electron chi connectivity index (χ0n) is 10.5. The average Bonchev–Trinajstić information content (AvgIpc) is 2.40. The molecule has 1 fully saturated rings. The quantitative estimate of drug-likeness (QED) is 0.838. The number of methoxy groups -OCH3 is 1. The fourth-order valence-electron chi connectivity index (χ4n) is 2.00. The lowest BCUT2D eigenvalue weighted by Crippen LogP contribution is -2.42. The molecule has 0 bridgehead atoms. The highest BCUT2D eigenvalue weighted by atomic mass is 19.1. The van der Waals surface area contributed by atoms with Crippen LogP contribution in [0, 0.1) is 5.82 Å². The van der Waals surface area contributed by atoms with Crippen LogP contribution in [-0.4, -0.2) is 39.5 Å². The molecule has 1 aromatic carbocycles. The molecule has 18 heavy (non-hydrogen) atoms. The predicted octanol–water partition coefficient (Wildman–Crippen LogP) is 1.62. The zero-order chi connectivity index (χ0) is 12.8. The van der Waals surface area contributed by atoms with Crippen molar-refractivity contribution in [2.75, 3.05) is 38.7 Å². The van der Waals surface area contributed by atoms with Gasteiger partial charge in [0.25, 0.3) is 0 Å². The summed E-state index contributed by atoms with van der Waals surface area (Å²) in [6.07, 6.45) is 0.930. The van der Waals surface area contributed by atoms with Crippen LogP contribution in [0.1, 0.15) is 6.42 Å². The highest BCUT2D eigenvalue weighted by Crippen LogP contribution is 2.24. The van der Waals surface area contributed by atoms with Crippen LogP contribution < -0.4 is 15.4 Å². The Labute approximate surface area is 106 Å². The Morgan fingerprint density at radius 3 is 3.17 bits per heavy atom. The van der Waals surface area contributed by atoms with Gasteiger partial charge < -0.3 is 20.1 Å². The number of ether oxygens (including phenoxy) is 2. The first-order valence-electron chi connectivity index (χ1n) is 6.18. The first-order valence-corrected chi connectivity index (χ1v) is 6.18. The number of hydrogen-bond donors (Lipinski definition) is 2. The Bertz CT molecular complexity index is 381. The van der Waals surface area contributed by atoms with E-state index in [0.717, 1.165) is 32.7 Å². The Morgan fingerprint density at radius 2 is 2.44 bits per heavy atom. The largest absolute Gasteiger partial charge is 0.495 e. The monoisotopic (exact) mass is 254 g/mol. The Hall–Kier alpha value is -1.33. The summed E-state index contributed by atoms with van der Waals surface area (Å²) in [6, 6.07) is 4.83. The summed E-state index contributed by atoms with van der Waals surface area (Å²) in [7, 11) is 1.58. The van der Waals surface area contributed by atoms with Gasteiger partial charge in [-0.2, -0.15) is 0 Å². The van der Waals surface area contributed by atoms with E-state index in [9.17, 15) is 4.39 Å². The molecule has 2 N–H and O–H groups in total. The minimum atomic E-state index is -0.266. The number of morpholine rings is 1. The van der Waals surface area contributed by atoms with Crippen LogP contribution in [0.4, 0.5) is 10.1 Å². The number of hydrogen-bond acceptors (Lipinski definition) is 4. The molecular weight excluding hydrogens is 235 g/mol. The van der Waals surface area contributed by atoms with Crippen LogP contribution in [0.5, 0.6) is 5.75 Å². The van der Waals surface area contributed by atoms with Crippen molar-refractivity contribution < 1.29 is 13.9 Å². The third-order valence-corrected chi connectivity index (χ3v) is 2.97. The molecule has 1 aromatic rings. The Morgan fingerprint density at radius 1 is 1.56 bits per heavy atom. The maximum atomic E-state index is 13.1. The van der Waals surface area contributed by atoms with Gasteiger partial charge in [-0.3, -0.25) is 0 Å². The van der Waals surface area contributed by atoms with Crippen molar-refractivity contribution in [1.82, 2.24) is 5.32 Å². The molecule has 100 valence electrons. The first-order chi connectivity index (χ1) is 8.79. The summed E-state index contributed by atoms with van der Waals surface area (Å²) in [4.78, 5) is 0. The molecule has 1 unspecified atom stereocenters. The molecule has 5 heteroatoms. The van der Waals surface area contributed by atoms with Gasteiger partial charge in [0.2, 0.25) is 0 Å². The van der Waals surface area contributed by atoms with Crippen molar-refractivity contribution >= 4 is 5.69 Å². The summed E-state index contributed by atoms with van der Waals surface area (Å²) in [5, 5.41) is 6.57. The van der Waals surface area contributed by atoms with E-state index in [4.69, 9.17) is 9.47 Å².